The van der Waals surface area contributed by atoms with Gasteiger partial charge in [0.05, 0.1) is 12.1 Å². The zero-order chi connectivity index (χ0) is 11.5. The van der Waals surface area contributed by atoms with Crippen LogP contribution < -0.4 is 0 Å². The molecular formula is C8H9F3N2OS. The van der Waals surface area contributed by atoms with Crippen molar-refractivity contribution in [3.8, 4) is 0 Å². The van der Waals surface area contributed by atoms with Crippen LogP contribution in [0.2, 0.25) is 0 Å². The Labute approximate surface area is 88.5 Å². The maximum absolute atomic E-state index is 11.9. The van der Waals surface area contributed by atoms with Gasteiger partial charge in [-0.25, -0.2) is 0 Å². The van der Waals surface area contributed by atoms with E-state index in [0.717, 1.165) is 11.5 Å². The molecule has 0 bridgehead atoms. The number of hydrogen-bond acceptors (Lipinski definition) is 4. The van der Waals surface area contributed by atoms with Gasteiger partial charge in [0.25, 0.3) is 0 Å². The fourth-order valence-corrected chi connectivity index (χ4v) is 1.74. The summed E-state index contributed by atoms with van der Waals surface area (Å²) in [5.41, 5.74) is 0.479. The van der Waals surface area contributed by atoms with Gasteiger partial charge in [-0.1, -0.05) is 11.4 Å². The van der Waals surface area contributed by atoms with E-state index < -0.39 is 24.8 Å². The fourth-order valence-electron chi connectivity index (χ4n) is 1.02. The van der Waals surface area contributed by atoms with Crippen molar-refractivity contribution in [1.82, 2.24) is 9.59 Å². The topological polar surface area (TPSA) is 42.9 Å². The van der Waals surface area contributed by atoms with Crippen LogP contribution in [-0.2, 0) is 6.42 Å². The number of Topliss-reactive ketones (excluding diaryl/α,β-unsaturated/α-hetero) is 1. The minimum atomic E-state index is -4.29. The summed E-state index contributed by atoms with van der Waals surface area (Å²) in [6.45, 7) is 1.78. The van der Waals surface area contributed by atoms with Gasteiger partial charge in [0, 0.05) is 6.42 Å². The predicted octanol–water partition coefficient (Wildman–Crippen LogP) is 2.63. The molecule has 0 aliphatic heterocycles. The molecule has 1 aromatic rings. The van der Waals surface area contributed by atoms with Crippen LogP contribution in [0.15, 0.2) is 0 Å². The zero-order valence-electron chi connectivity index (χ0n) is 7.97. The van der Waals surface area contributed by atoms with E-state index in [2.05, 4.69) is 9.59 Å². The average Bonchev–Trinajstić information content (AvgIpc) is 2.60. The lowest BCUT2D eigenvalue weighted by atomic mass is 10.1. The van der Waals surface area contributed by atoms with Crippen LogP contribution in [0.4, 0.5) is 13.2 Å². The molecule has 0 unspecified atom stereocenters. The van der Waals surface area contributed by atoms with E-state index >= 15 is 0 Å². The molecule has 0 amide bonds. The van der Waals surface area contributed by atoms with Crippen molar-refractivity contribution in [3.05, 3.63) is 10.6 Å². The summed E-state index contributed by atoms with van der Waals surface area (Å²) >= 11 is 0.855. The van der Waals surface area contributed by atoms with Gasteiger partial charge >= 0.3 is 6.18 Å². The van der Waals surface area contributed by atoms with Gasteiger partial charge in [-0.15, -0.1) is 5.10 Å². The Hall–Kier alpha value is -0.980. The van der Waals surface area contributed by atoms with Crippen molar-refractivity contribution in [2.24, 2.45) is 0 Å². The maximum atomic E-state index is 11.9. The van der Waals surface area contributed by atoms with Crippen LogP contribution in [-0.4, -0.2) is 21.5 Å². The van der Waals surface area contributed by atoms with Gasteiger partial charge < -0.3 is 0 Å². The van der Waals surface area contributed by atoms with Crippen LogP contribution in [0.1, 0.15) is 35.1 Å². The quantitative estimate of drug-likeness (QED) is 0.757. The summed E-state index contributed by atoms with van der Waals surface area (Å²) in [5, 5.41) is 3.67. The van der Waals surface area contributed by atoms with Crippen LogP contribution in [0.3, 0.4) is 0 Å². The van der Waals surface area contributed by atoms with Crippen LogP contribution in [0, 0.1) is 0 Å². The summed E-state index contributed by atoms with van der Waals surface area (Å²) in [7, 11) is 0. The Morgan fingerprint density at radius 3 is 2.67 bits per heavy atom. The Balaban J connectivity index is 2.62. The minimum absolute atomic E-state index is 0.252. The first-order valence-corrected chi connectivity index (χ1v) is 5.12. The molecule has 0 aliphatic rings. The second-order valence-electron chi connectivity index (χ2n) is 2.94. The first-order valence-electron chi connectivity index (χ1n) is 4.35. The first kappa shape index (κ1) is 12.1. The Kier molecular flexibility index (Phi) is 3.78. The van der Waals surface area contributed by atoms with Crippen molar-refractivity contribution >= 4 is 17.3 Å². The van der Waals surface area contributed by atoms with E-state index in [9.17, 15) is 18.0 Å². The molecule has 1 heterocycles. The molecule has 15 heavy (non-hydrogen) atoms. The van der Waals surface area contributed by atoms with Crippen molar-refractivity contribution in [1.29, 1.82) is 0 Å². The molecule has 0 saturated carbocycles. The Bertz CT molecular complexity index is 348. The molecule has 0 saturated heterocycles. The summed E-state index contributed by atoms with van der Waals surface area (Å²) in [5.74, 6) is -0.529. The molecular weight excluding hydrogens is 229 g/mol. The second-order valence-corrected chi connectivity index (χ2v) is 3.69. The van der Waals surface area contributed by atoms with Gasteiger partial charge in [-0.05, 0) is 18.0 Å². The van der Waals surface area contributed by atoms with E-state index in [1.54, 1.807) is 6.92 Å². The van der Waals surface area contributed by atoms with Gasteiger partial charge in [0.2, 0.25) is 0 Å². The molecule has 1 rings (SSSR count). The number of hydrogen-bond donors (Lipinski definition) is 0. The van der Waals surface area contributed by atoms with E-state index in [1.165, 1.54) is 0 Å². The van der Waals surface area contributed by atoms with Gasteiger partial charge in [0.15, 0.2) is 5.78 Å². The van der Waals surface area contributed by atoms with Crippen molar-refractivity contribution in [2.75, 3.05) is 0 Å². The molecule has 1 aromatic heterocycles. The monoisotopic (exact) mass is 238 g/mol. The van der Waals surface area contributed by atoms with Gasteiger partial charge in [-0.3, -0.25) is 4.79 Å². The smallest absolute Gasteiger partial charge is 0.293 e. The molecule has 0 atom stereocenters. The van der Waals surface area contributed by atoms with Gasteiger partial charge in [0.1, 0.15) is 4.88 Å². The maximum Gasteiger partial charge on any atom is 0.389 e. The molecule has 3 nitrogen and oxygen atoms in total. The fraction of sp³-hybridized carbons (Fsp3) is 0.625. The van der Waals surface area contributed by atoms with Gasteiger partial charge in [-0.2, -0.15) is 13.2 Å². The highest BCUT2D eigenvalue weighted by atomic mass is 32.1. The number of rotatable bonds is 4. The molecule has 0 spiro atoms. The predicted molar refractivity (Wildman–Crippen MR) is 48.9 cm³/mol. The van der Waals surface area contributed by atoms with Crippen LogP contribution in [0.25, 0.3) is 0 Å². The van der Waals surface area contributed by atoms with Crippen LogP contribution in [0.5, 0.6) is 0 Å². The third kappa shape index (κ3) is 3.58. The van der Waals surface area contributed by atoms with Crippen molar-refractivity contribution in [2.45, 2.75) is 32.4 Å². The molecule has 0 aliphatic carbocycles. The number of carbonyl (C=O) groups is 1. The van der Waals surface area contributed by atoms with Crippen molar-refractivity contribution < 1.29 is 18.0 Å². The summed E-state index contributed by atoms with van der Waals surface area (Å²) in [6, 6.07) is 0. The number of nitrogens with zero attached hydrogens (tertiary/aromatic N) is 2. The molecule has 0 aromatic carbocycles. The summed E-state index contributed by atoms with van der Waals surface area (Å²) < 4.78 is 39.1. The third-order valence-corrected chi connectivity index (χ3v) is 2.59. The molecule has 84 valence electrons. The first-order chi connectivity index (χ1) is 6.94. The Morgan fingerprint density at radius 2 is 2.13 bits per heavy atom. The number of aromatic nitrogens is 2. The van der Waals surface area contributed by atoms with E-state index in [-0.39, 0.29) is 4.88 Å². The number of halogens is 3. The minimum Gasteiger partial charge on any atom is -0.293 e. The molecule has 7 heteroatoms. The number of ketones is 1. The number of alkyl halides is 3. The Morgan fingerprint density at radius 1 is 1.47 bits per heavy atom. The standard InChI is InChI=1S/C8H9F3N2OS/c1-2-5-7(15-13-12-5)6(14)3-4-8(9,10)11/h2-4H2,1H3. The lowest BCUT2D eigenvalue weighted by Crippen LogP contribution is -2.11. The largest absolute Gasteiger partial charge is 0.389 e. The van der Waals surface area contributed by atoms with E-state index in [0.29, 0.717) is 12.1 Å². The van der Waals surface area contributed by atoms with Crippen molar-refractivity contribution in [3.63, 3.8) is 0 Å². The summed E-state index contributed by atoms with van der Waals surface area (Å²) in [4.78, 5) is 11.6. The molecule has 0 fully saturated rings. The van der Waals surface area contributed by atoms with E-state index in [1.807, 2.05) is 0 Å². The highest BCUT2D eigenvalue weighted by Crippen LogP contribution is 2.24. The zero-order valence-corrected chi connectivity index (χ0v) is 8.78. The lowest BCUT2D eigenvalue weighted by Gasteiger charge is -2.04. The average molecular weight is 238 g/mol. The molecule has 0 radical (unpaired) electrons. The van der Waals surface area contributed by atoms with E-state index in [4.69, 9.17) is 0 Å². The SMILES string of the molecule is CCc1nnsc1C(=O)CCC(F)(F)F. The lowest BCUT2D eigenvalue weighted by molar-refractivity contribution is -0.133. The number of carbonyl (C=O) groups excluding carboxylic acids is 1. The number of aryl methyl sites for hydroxylation is 1. The third-order valence-electron chi connectivity index (χ3n) is 1.78. The molecule has 0 N–H and O–H groups in total. The summed E-state index contributed by atoms with van der Waals surface area (Å²) in [6.07, 6.45) is -5.41. The highest BCUT2D eigenvalue weighted by molar-refractivity contribution is 7.08. The second kappa shape index (κ2) is 4.69. The van der Waals surface area contributed by atoms with Crippen LogP contribution >= 0.6 is 11.5 Å². The normalized spacial score (nSPS) is 11.7. The highest BCUT2D eigenvalue weighted by Gasteiger charge is 2.29.